The molecule has 0 saturated heterocycles. The molecule has 1 aliphatic carbocycles. The van der Waals surface area contributed by atoms with Gasteiger partial charge in [0.2, 0.25) is 0 Å². The topological polar surface area (TPSA) is 45.4 Å². The summed E-state index contributed by atoms with van der Waals surface area (Å²) in [6, 6.07) is 3.64. The number of nitrogens with one attached hydrogen (secondary N) is 1. The van der Waals surface area contributed by atoms with E-state index in [9.17, 15) is 0 Å². The van der Waals surface area contributed by atoms with Crippen LogP contribution >= 0.6 is 11.6 Å². The summed E-state index contributed by atoms with van der Waals surface area (Å²) in [6.45, 7) is 1.94. The van der Waals surface area contributed by atoms with Crippen molar-refractivity contribution in [2.24, 2.45) is 5.41 Å². The molecular weight excluding hydrogens is 226 g/mol. The lowest BCUT2D eigenvalue weighted by atomic mass is 9.67. The lowest BCUT2D eigenvalue weighted by Gasteiger charge is -2.42. The zero-order chi connectivity index (χ0) is 11.4. The number of furan rings is 1. The third kappa shape index (κ3) is 2.78. The first-order valence-corrected chi connectivity index (χ1v) is 6.18. The Morgan fingerprint density at radius 3 is 2.75 bits per heavy atom. The van der Waals surface area contributed by atoms with Crippen LogP contribution < -0.4 is 5.32 Å². The summed E-state index contributed by atoms with van der Waals surface area (Å²) < 4.78 is 5.26. The van der Waals surface area contributed by atoms with E-state index in [1.54, 1.807) is 6.07 Å². The summed E-state index contributed by atoms with van der Waals surface area (Å²) in [7, 11) is 0. The Hall–Kier alpha value is -0.510. The van der Waals surface area contributed by atoms with E-state index < -0.39 is 0 Å². The van der Waals surface area contributed by atoms with Crippen LogP contribution in [0.2, 0.25) is 5.22 Å². The highest BCUT2D eigenvalue weighted by molar-refractivity contribution is 6.28. The minimum atomic E-state index is 0.286. The first kappa shape index (κ1) is 12.0. The van der Waals surface area contributed by atoms with E-state index in [4.69, 9.17) is 21.1 Å². The molecule has 1 saturated carbocycles. The van der Waals surface area contributed by atoms with Gasteiger partial charge in [0, 0.05) is 13.2 Å². The SMILES string of the molecule is OCCC1(CNCc2ccc(Cl)o2)CCC1. The van der Waals surface area contributed by atoms with Crippen LogP contribution in [0.3, 0.4) is 0 Å². The molecule has 4 heteroatoms. The van der Waals surface area contributed by atoms with Gasteiger partial charge in [0.1, 0.15) is 5.76 Å². The van der Waals surface area contributed by atoms with E-state index in [0.29, 0.717) is 17.2 Å². The van der Waals surface area contributed by atoms with Gasteiger partial charge >= 0.3 is 0 Å². The van der Waals surface area contributed by atoms with Crippen LogP contribution in [0.4, 0.5) is 0 Å². The van der Waals surface area contributed by atoms with Crippen molar-refractivity contribution in [3.8, 4) is 0 Å². The molecule has 0 amide bonds. The summed E-state index contributed by atoms with van der Waals surface area (Å²) in [5.74, 6) is 0.864. The predicted molar refractivity (Wildman–Crippen MR) is 63.4 cm³/mol. The Kier molecular flexibility index (Phi) is 3.90. The Bertz CT molecular complexity index is 334. The highest BCUT2D eigenvalue weighted by Gasteiger charge is 2.35. The van der Waals surface area contributed by atoms with Crippen LogP contribution in [0.15, 0.2) is 16.5 Å². The third-order valence-corrected chi connectivity index (χ3v) is 3.69. The Morgan fingerprint density at radius 1 is 1.44 bits per heavy atom. The Labute approximate surface area is 101 Å². The fourth-order valence-corrected chi connectivity index (χ4v) is 2.49. The number of aliphatic hydroxyl groups excluding tert-OH is 1. The number of rotatable bonds is 6. The number of aliphatic hydroxyl groups is 1. The summed E-state index contributed by atoms with van der Waals surface area (Å²) in [5.41, 5.74) is 0.325. The molecule has 0 aromatic carbocycles. The maximum atomic E-state index is 9.02. The second kappa shape index (κ2) is 5.21. The molecule has 0 unspecified atom stereocenters. The van der Waals surface area contributed by atoms with E-state index in [-0.39, 0.29) is 6.61 Å². The van der Waals surface area contributed by atoms with Gasteiger partial charge in [-0.05, 0) is 48.4 Å². The summed E-state index contributed by atoms with van der Waals surface area (Å²) in [5, 5.41) is 12.8. The van der Waals surface area contributed by atoms with Crippen molar-refractivity contribution in [1.82, 2.24) is 5.32 Å². The van der Waals surface area contributed by atoms with E-state index in [2.05, 4.69) is 5.32 Å². The lowest BCUT2D eigenvalue weighted by molar-refractivity contribution is 0.0854. The van der Waals surface area contributed by atoms with E-state index in [0.717, 1.165) is 18.7 Å². The van der Waals surface area contributed by atoms with Crippen molar-refractivity contribution >= 4 is 11.6 Å². The zero-order valence-electron chi connectivity index (χ0n) is 9.34. The first-order valence-electron chi connectivity index (χ1n) is 5.80. The molecule has 1 aromatic heterocycles. The van der Waals surface area contributed by atoms with Gasteiger partial charge < -0.3 is 14.8 Å². The minimum absolute atomic E-state index is 0.286. The van der Waals surface area contributed by atoms with Gasteiger partial charge in [0.15, 0.2) is 5.22 Å². The first-order chi connectivity index (χ1) is 7.74. The van der Waals surface area contributed by atoms with Crippen molar-refractivity contribution in [1.29, 1.82) is 0 Å². The molecular formula is C12H18ClNO2. The standard InChI is InChI=1S/C12H18ClNO2/c13-11-3-2-10(16-11)8-14-9-12(6-7-15)4-1-5-12/h2-3,14-15H,1,4-9H2. The van der Waals surface area contributed by atoms with Gasteiger partial charge in [-0.3, -0.25) is 0 Å². The monoisotopic (exact) mass is 243 g/mol. The number of halogens is 1. The third-order valence-electron chi connectivity index (χ3n) is 3.48. The maximum Gasteiger partial charge on any atom is 0.193 e. The molecule has 0 radical (unpaired) electrons. The predicted octanol–water partition coefficient (Wildman–Crippen LogP) is 2.58. The Balaban J connectivity index is 1.74. The average Bonchev–Trinajstić information content (AvgIpc) is 2.60. The lowest BCUT2D eigenvalue weighted by Crippen LogP contribution is -2.40. The molecule has 90 valence electrons. The molecule has 3 nitrogen and oxygen atoms in total. The molecule has 16 heavy (non-hydrogen) atoms. The van der Waals surface area contributed by atoms with E-state index >= 15 is 0 Å². The molecule has 0 aliphatic heterocycles. The molecule has 1 fully saturated rings. The number of hydrogen-bond donors (Lipinski definition) is 2. The summed E-state index contributed by atoms with van der Waals surface area (Å²) in [6.07, 6.45) is 4.63. The molecule has 1 heterocycles. The highest BCUT2D eigenvalue weighted by atomic mass is 35.5. The molecule has 2 N–H and O–H groups in total. The molecule has 0 bridgehead atoms. The van der Waals surface area contributed by atoms with Gasteiger partial charge in [-0.1, -0.05) is 6.42 Å². The van der Waals surface area contributed by atoms with Crippen LogP contribution in [0.25, 0.3) is 0 Å². The van der Waals surface area contributed by atoms with Gasteiger partial charge in [-0.2, -0.15) is 0 Å². The summed E-state index contributed by atoms with van der Waals surface area (Å²) in [4.78, 5) is 0. The molecule has 0 atom stereocenters. The quantitative estimate of drug-likeness (QED) is 0.807. The van der Waals surface area contributed by atoms with Crippen LogP contribution in [0.1, 0.15) is 31.4 Å². The van der Waals surface area contributed by atoms with Gasteiger partial charge in [-0.25, -0.2) is 0 Å². The fraction of sp³-hybridized carbons (Fsp3) is 0.667. The van der Waals surface area contributed by atoms with Crippen LogP contribution in [-0.4, -0.2) is 18.3 Å². The molecule has 2 rings (SSSR count). The van der Waals surface area contributed by atoms with Gasteiger partial charge in [0.05, 0.1) is 6.54 Å². The molecule has 1 aliphatic rings. The molecule has 1 aromatic rings. The van der Waals surface area contributed by atoms with E-state index in [1.165, 1.54) is 19.3 Å². The van der Waals surface area contributed by atoms with E-state index in [1.807, 2.05) is 6.07 Å². The smallest absolute Gasteiger partial charge is 0.193 e. The summed E-state index contributed by atoms with van der Waals surface area (Å²) >= 11 is 5.69. The van der Waals surface area contributed by atoms with Crippen molar-refractivity contribution in [3.63, 3.8) is 0 Å². The maximum absolute atomic E-state index is 9.02. The van der Waals surface area contributed by atoms with Crippen molar-refractivity contribution in [3.05, 3.63) is 23.1 Å². The van der Waals surface area contributed by atoms with Crippen LogP contribution in [-0.2, 0) is 6.54 Å². The van der Waals surface area contributed by atoms with Crippen LogP contribution in [0.5, 0.6) is 0 Å². The number of hydrogen-bond acceptors (Lipinski definition) is 3. The minimum Gasteiger partial charge on any atom is -0.448 e. The second-order valence-corrected chi connectivity index (χ2v) is 5.01. The van der Waals surface area contributed by atoms with Gasteiger partial charge in [0.25, 0.3) is 0 Å². The van der Waals surface area contributed by atoms with Gasteiger partial charge in [-0.15, -0.1) is 0 Å². The van der Waals surface area contributed by atoms with Crippen molar-refractivity contribution in [2.75, 3.05) is 13.2 Å². The molecule has 0 spiro atoms. The second-order valence-electron chi connectivity index (χ2n) is 4.64. The Morgan fingerprint density at radius 2 is 2.25 bits per heavy atom. The zero-order valence-corrected chi connectivity index (χ0v) is 10.1. The average molecular weight is 244 g/mol. The largest absolute Gasteiger partial charge is 0.448 e. The normalized spacial score (nSPS) is 18.4. The highest BCUT2D eigenvalue weighted by Crippen LogP contribution is 2.43. The van der Waals surface area contributed by atoms with Crippen molar-refractivity contribution < 1.29 is 9.52 Å². The fourth-order valence-electron chi connectivity index (χ4n) is 2.33. The van der Waals surface area contributed by atoms with Crippen LogP contribution in [0, 0.1) is 5.41 Å². The van der Waals surface area contributed by atoms with Crippen molar-refractivity contribution in [2.45, 2.75) is 32.2 Å².